The molecule has 0 aliphatic carbocycles. The van der Waals surface area contributed by atoms with Gasteiger partial charge in [0.15, 0.2) is 6.73 Å². The van der Waals surface area contributed by atoms with E-state index in [1.165, 1.54) is 0 Å². The van der Waals surface area contributed by atoms with Crippen LogP contribution in [0.4, 0.5) is 0 Å². The third-order valence-corrected chi connectivity index (χ3v) is 4.35. The summed E-state index contributed by atoms with van der Waals surface area (Å²) < 4.78 is 6.28. The fourth-order valence-corrected chi connectivity index (χ4v) is 2.95. The number of nitrogens with one attached hydrogen (secondary N) is 2. The third-order valence-electron chi connectivity index (χ3n) is 4.35. The summed E-state index contributed by atoms with van der Waals surface area (Å²) in [4.78, 5) is 24.6. The number of rotatable bonds is 4. The van der Waals surface area contributed by atoms with Gasteiger partial charge in [-0.05, 0) is 24.1 Å². The molecule has 2 aromatic carbocycles. The molecule has 26 heavy (non-hydrogen) atoms. The number of nitrogens with zero attached hydrogens (tertiary/aromatic N) is 3. The van der Waals surface area contributed by atoms with Crippen molar-refractivity contribution in [3.8, 4) is 0 Å². The molecule has 8 heteroatoms. The van der Waals surface area contributed by atoms with Gasteiger partial charge in [0.1, 0.15) is 11.6 Å². The number of ether oxygens (including phenoxy) is 1. The molecule has 2 N–H and O–H groups in total. The normalized spacial score (nSPS) is 19.5. The number of hydrazine groups is 1. The predicted molar refractivity (Wildman–Crippen MR) is 93.7 cm³/mol. The van der Waals surface area contributed by atoms with E-state index in [9.17, 15) is 9.59 Å². The highest BCUT2D eigenvalue weighted by Gasteiger charge is 2.31. The molecule has 1 fully saturated rings. The fourth-order valence-electron chi connectivity index (χ4n) is 2.95. The van der Waals surface area contributed by atoms with E-state index >= 15 is 0 Å². The van der Waals surface area contributed by atoms with E-state index in [0.717, 1.165) is 10.2 Å². The number of fused-ring (bicyclic) bond motifs is 1. The minimum Gasteiger partial charge on any atom is -0.441 e. The Morgan fingerprint density at radius 1 is 1.12 bits per heavy atom. The molecular formula is C18H17N5O3. The average Bonchev–Trinajstić information content (AvgIpc) is 3.18. The van der Waals surface area contributed by atoms with Crippen LogP contribution in [0.1, 0.15) is 18.0 Å². The number of aromatic nitrogens is 3. The molecule has 3 aromatic rings. The quantitative estimate of drug-likeness (QED) is 0.674. The monoisotopic (exact) mass is 351 g/mol. The second kappa shape index (κ2) is 7.03. The van der Waals surface area contributed by atoms with Crippen LogP contribution in [0.2, 0.25) is 0 Å². The fraction of sp³-hybridized carbons (Fsp3) is 0.222. The van der Waals surface area contributed by atoms with E-state index in [1.807, 2.05) is 30.3 Å². The molecule has 132 valence electrons. The molecule has 0 bridgehead atoms. The molecule has 0 saturated carbocycles. The minimum atomic E-state index is -0.496. The maximum Gasteiger partial charge on any atom is 0.326 e. The van der Waals surface area contributed by atoms with Gasteiger partial charge in [-0.2, -0.15) is 4.68 Å². The Balaban J connectivity index is 1.40. The molecule has 2 heterocycles. The topological polar surface area (TPSA) is 98.1 Å². The van der Waals surface area contributed by atoms with Crippen molar-refractivity contribution in [3.63, 3.8) is 0 Å². The van der Waals surface area contributed by atoms with Crippen molar-refractivity contribution >= 4 is 16.9 Å². The maximum absolute atomic E-state index is 12.3. The predicted octanol–water partition coefficient (Wildman–Crippen LogP) is 0.900. The molecule has 4 rings (SSSR count). The average molecular weight is 351 g/mol. The van der Waals surface area contributed by atoms with Gasteiger partial charge in [-0.15, -0.1) is 5.10 Å². The zero-order valence-electron chi connectivity index (χ0n) is 13.8. The number of esters is 1. The lowest BCUT2D eigenvalue weighted by Gasteiger charge is -2.10. The summed E-state index contributed by atoms with van der Waals surface area (Å²) in [6.45, 7) is -0.274. The first kappa shape index (κ1) is 16.4. The molecule has 1 aliphatic rings. The van der Waals surface area contributed by atoms with Crippen molar-refractivity contribution in [1.29, 1.82) is 0 Å². The SMILES string of the molecule is O=C(OCn1nnc2ccccc2c1=O)C1CC(c2ccccc2)NN1. The van der Waals surface area contributed by atoms with Gasteiger partial charge in [0.25, 0.3) is 5.56 Å². The van der Waals surface area contributed by atoms with Crippen LogP contribution in [0.25, 0.3) is 10.9 Å². The van der Waals surface area contributed by atoms with Gasteiger partial charge in [-0.25, -0.2) is 10.9 Å². The maximum atomic E-state index is 12.3. The van der Waals surface area contributed by atoms with Crippen molar-refractivity contribution in [3.05, 3.63) is 70.5 Å². The highest BCUT2D eigenvalue weighted by molar-refractivity contribution is 5.77. The Morgan fingerprint density at radius 3 is 2.73 bits per heavy atom. The molecule has 1 aromatic heterocycles. The lowest BCUT2D eigenvalue weighted by molar-refractivity contribution is -0.150. The lowest BCUT2D eigenvalue weighted by Crippen LogP contribution is -2.38. The largest absolute Gasteiger partial charge is 0.441 e. The Kier molecular flexibility index (Phi) is 4.42. The van der Waals surface area contributed by atoms with E-state index in [0.29, 0.717) is 17.3 Å². The van der Waals surface area contributed by atoms with Gasteiger partial charge in [0.05, 0.1) is 5.39 Å². The number of hydrogen-bond acceptors (Lipinski definition) is 7. The first-order valence-corrected chi connectivity index (χ1v) is 8.27. The van der Waals surface area contributed by atoms with Crippen LogP contribution in [0.5, 0.6) is 0 Å². The highest BCUT2D eigenvalue weighted by Crippen LogP contribution is 2.22. The van der Waals surface area contributed by atoms with Gasteiger partial charge < -0.3 is 4.74 Å². The first-order valence-electron chi connectivity index (χ1n) is 8.27. The van der Waals surface area contributed by atoms with E-state index in [1.54, 1.807) is 24.3 Å². The van der Waals surface area contributed by atoms with Crippen molar-refractivity contribution < 1.29 is 9.53 Å². The van der Waals surface area contributed by atoms with Crippen LogP contribution in [-0.4, -0.2) is 27.0 Å². The molecule has 8 nitrogen and oxygen atoms in total. The molecule has 0 amide bonds. The summed E-state index contributed by atoms with van der Waals surface area (Å²) in [6, 6.07) is 16.3. The van der Waals surface area contributed by atoms with E-state index in [4.69, 9.17) is 4.74 Å². The molecule has 0 radical (unpaired) electrons. The second-order valence-corrected chi connectivity index (χ2v) is 6.04. The van der Waals surface area contributed by atoms with Crippen molar-refractivity contribution in [2.24, 2.45) is 0 Å². The van der Waals surface area contributed by atoms with Crippen LogP contribution in [0.3, 0.4) is 0 Å². The minimum absolute atomic E-state index is 0.0249. The molecule has 2 unspecified atom stereocenters. The molecule has 0 spiro atoms. The Morgan fingerprint density at radius 2 is 1.88 bits per heavy atom. The highest BCUT2D eigenvalue weighted by atomic mass is 16.5. The summed E-state index contributed by atoms with van der Waals surface area (Å²) in [6.07, 6.45) is 0.557. The number of hydrogen-bond donors (Lipinski definition) is 2. The second-order valence-electron chi connectivity index (χ2n) is 6.04. The van der Waals surface area contributed by atoms with Gasteiger partial charge in [-0.3, -0.25) is 9.59 Å². The number of carbonyl (C=O) groups is 1. The Bertz CT molecular complexity index is 989. The lowest BCUT2D eigenvalue weighted by atomic mass is 10.0. The van der Waals surface area contributed by atoms with Crippen LogP contribution >= 0.6 is 0 Å². The standard InChI is InChI=1S/C18H17N5O3/c24-17-13-8-4-5-9-14(13)21-22-23(17)11-26-18(25)16-10-15(19-20-16)12-6-2-1-3-7-12/h1-9,15-16,19-20H,10-11H2. The van der Waals surface area contributed by atoms with Crippen LogP contribution in [-0.2, 0) is 16.3 Å². The van der Waals surface area contributed by atoms with Gasteiger partial charge in [-0.1, -0.05) is 47.7 Å². The molecule has 1 aliphatic heterocycles. The smallest absolute Gasteiger partial charge is 0.326 e. The third kappa shape index (κ3) is 3.19. The Hall–Kier alpha value is -3.10. The van der Waals surface area contributed by atoms with E-state index in [-0.39, 0.29) is 18.3 Å². The summed E-state index contributed by atoms with van der Waals surface area (Å²) in [5.41, 5.74) is 7.28. The summed E-state index contributed by atoms with van der Waals surface area (Å²) >= 11 is 0. The summed E-state index contributed by atoms with van der Waals surface area (Å²) in [5.74, 6) is -0.446. The molecule has 1 saturated heterocycles. The number of benzene rings is 2. The molecular weight excluding hydrogens is 334 g/mol. The number of carbonyl (C=O) groups excluding carboxylic acids is 1. The van der Waals surface area contributed by atoms with Crippen molar-refractivity contribution in [2.75, 3.05) is 0 Å². The van der Waals surface area contributed by atoms with E-state index in [2.05, 4.69) is 21.2 Å². The summed E-state index contributed by atoms with van der Waals surface area (Å²) in [7, 11) is 0. The van der Waals surface area contributed by atoms with Gasteiger partial charge in [0.2, 0.25) is 0 Å². The van der Waals surface area contributed by atoms with Crippen LogP contribution in [0, 0.1) is 0 Å². The summed E-state index contributed by atoms with van der Waals surface area (Å²) in [5, 5.41) is 8.20. The zero-order chi connectivity index (χ0) is 17.9. The Labute approximate surface area is 148 Å². The van der Waals surface area contributed by atoms with Crippen LogP contribution in [0.15, 0.2) is 59.4 Å². The van der Waals surface area contributed by atoms with E-state index < -0.39 is 12.0 Å². The molecule has 2 atom stereocenters. The van der Waals surface area contributed by atoms with Crippen LogP contribution < -0.4 is 16.4 Å². The zero-order valence-corrected chi connectivity index (χ0v) is 13.8. The van der Waals surface area contributed by atoms with Crippen molar-refractivity contribution in [1.82, 2.24) is 25.8 Å². The van der Waals surface area contributed by atoms with Crippen molar-refractivity contribution in [2.45, 2.75) is 25.2 Å². The van der Waals surface area contributed by atoms with Gasteiger partial charge >= 0.3 is 5.97 Å². The van der Waals surface area contributed by atoms with Gasteiger partial charge in [0, 0.05) is 6.04 Å². The first-order chi connectivity index (χ1) is 12.7.